The summed E-state index contributed by atoms with van der Waals surface area (Å²) in [5.41, 5.74) is 2.35. The van der Waals surface area contributed by atoms with Crippen LogP contribution in [0.25, 0.3) is 0 Å². The minimum atomic E-state index is -0.329. The fraction of sp³-hybridized carbons (Fsp3) is 0.652. The van der Waals surface area contributed by atoms with Gasteiger partial charge in [-0.2, -0.15) is 0 Å². The molecule has 1 aromatic rings. The number of aryl methyl sites for hydroxylation is 2. The van der Waals surface area contributed by atoms with Gasteiger partial charge in [0.15, 0.2) is 0 Å². The van der Waals surface area contributed by atoms with Gasteiger partial charge in [-0.25, -0.2) is 9.98 Å². The SMILES string of the molecule is CCCCCCCCCC1=NC(C)(C)N=C(CCc2ccc(C)cc2)N1. The minimum absolute atomic E-state index is 0.329. The maximum atomic E-state index is 4.80. The number of rotatable bonds is 11. The molecule has 1 N–H and O–H groups in total. The summed E-state index contributed by atoms with van der Waals surface area (Å²) in [6.45, 7) is 8.60. The lowest BCUT2D eigenvalue weighted by molar-refractivity contribution is 0.533. The molecule has 0 saturated carbocycles. The topological polar surface area (TPSA) is 36.8 Å². The maximum absolute atomic E-state index is 4.80. The summed E-state index contributed by atoms with van der Waals surface area (Å²) >= 11 is 0. The lowest BCUT2D eigenvalue weighted by Crippen LogP contribution is -2.39. The highest BCUT2D eigenvalue weighted by Crippen LogP contribution is 2.18. The zero-order valence-corrected chi connectivity index (χ0v) is 17.3. The van der Waals surface area contributed by atoms with Gasteiger partial charge in [0, 0.05) is 12.8 Å². The molecule has 0 aliphatic carbocycles. The summed E-state index contributed by atoms with van der Waals surface area (Å²) in [7, 11) is 0. The molecule has 0 spiro atoms. The van der Waals surface area contributed by atoms with Crippen LogP contribution in [0.3, 0.4) is 0 Å². The second-order valence-corrected chi connectivity index (χ2v) is 8.09. The van der Waals surface area contributed by atoms with Gasteiger partial charge in [0.25, 0.3) is 0 Å². The Morgan fingerprint density at radius 2 is 1.35 bits per heavy atom. The number of aliphatic imine (C=N–C) groups is 2. The van der Waals surface area contributed by atoms with Gasteiger partial charge in [-0.3, -0.25) is 0 Å². The molecule has 0 radical (unpaired) electrons. The van der Waals surface area contributed by atoms with Crippen molar-refractivity contribution in [1.29, 1.82) is 0 Å². The molecule has 1 heterocycles. The number of nitrogens with zero attached hydrogens (tertiary/aromatic N) is 2. The number of unbranched alkanes of at least 4 members (excludes halogenated alkanes) is 6. The zero-order chi connectivity index (χ0) is 18.8. The predicted octanol–water partition coefficient (Wildman–Crippen LogP) is 6.20. The van der Waals surface area contributed by atoms with E-state index in [0.717, 1.165) is 30.9 Å². The molecule has 0 unspecified atom stereocenters. The van der Waals surface area contributed by atoms with Crippen molar-refractivity contribution in [3.8, 4) is 0 Å². The number of nitrogens with one attached hydrogen (secondary N) is 1. The van der Waals surface area contributed by atoms with Crippen molar-refractivity contribution in [2.75, 3.05) is 0 Å². The van der Waals surface area contributed by atoms with E-state index < -0.39 is 0 Å². The highest BCUT2D eigenvalue weighted by molar-refractivity contribution is 6.02. The first-order valence-electron chi connectivity index (χ1n) is 10.5. The Labute approximate surface area is 160 Å². The number of hydrogen-bond donors (Lipinski definition) is 1. The lowest BCUT2D eigenvalue weighted by Gasteiger charge is -2.26. The highest BCUT2D eigenvalue weighted by Gasteiger charge is 2.22. The molecular weight excluding hydrogens is 318 g/mol. The van der Waals surface area contributed by atoms with Crippen LogP contribution in [0.15, 0.2) is 34.3 Å². The monoisotopic (exact) mass is 355 g/mol. The first kappa shape index (κ1) is 20.7. The van der Waals surface area contributed by atoms with E-state index in [1.54, 1.807) is 0 Å². The Kier molecular flexibility index (Phi) is 8.34. The molecule has 26 heavy (non-hydrogen) atoms. The smallest absolute Gasteiger partial charge is 0.148 e. The second-order valence-electron chi connectivity index (χ2n) is 8.09. The predicted molar refractivity (Wildman–Crippen MR) is 114 cm³/mol. The van der Waals surface area contributed by atoms with Crippen LogP contribution < -0.4 is 5.32 Å². The third kappa shape index (κ3) is 7.72. The molecule has 1 aromatic carbocycles. The molecule has 1 aliphatic rings. The Morgan fingerprint density at radius 3 is 2.00 bits per heavy atom. The highest BCUT2D eigenvalue weighted by atomic mass is 15.2. The average Bonchev–Trinajstić information content (AvgIpc) is 2.59. The molecular formula is C23H37N3. The molecule has 3 nitrogen and oxygen atoms in total. The average molecular weight is 356 g/mol. The Hall–Kier alpha value is -1.64. The van der Waals surface area contributed by atoms with Crippen molar-refractivity contribution in [2.45, 2.75) is 97.6 Å². The standard InChI is InChI=1S/C23H37N3/c1-5-6-7-8-9-10-11-12-21-24-22(26-23(3,4)25-21)18-17-20-15-13-19(2)14-16-20/h13-16H,5-12,17-18H2,1-4H3,(H,24,25,26). The maximum Gasteiger partial charge on any atom is 0.148 e. The van der Waals surface area contributed by atoms with Gasteiger partial charge in [0.05, 0.1) is 0 Å². The van der Waals surface area contributed by atoms with Crippen molar-refractivity contribution in [2.24, 2.45) is 9.98 Å². The molecule has 3 heteroatoms. The Bertz CT molecular complexity index is 596. The molecule has 0 amide bonds. The quantitative estimate of drug-likeness (QED) is 0.471. The minimum Gasteiger partial charge on any atom is -0.332 e. The van der Waals surface area contributed by atoms with Gasteiger partial charge in [0.1, 0.15) is 17.3 Å². The van der Waals surface area contributed by atoms with Crippen LogP contribution in [0.1, 0.15) is 89.7 Å². The van der Waals surface area contributed by atoms with Gasteiger partial charge in [-0.15, -0.1) is 0 Å². The van der Waals surface area contributed by atoms with Crippen molar-refractivity contribution in [3.05, 3.63) is 35.4 Å². The van der Waals surface area contributed by atoms with Gasteiger partial charge < -0.3 is 5.32 Å². The van der Waals surface area contributed by atoms with Crippen LogP contribution in [0.2, 0.25) is 0 Å². The molecule has 0 atom stereocenters. The normalized spacial score (nSPS) is 16.0. The molecule has 0 saturated heterocycles. The van der Waals surface area contributed by atoms with E-state index in [1.807, 2.05) is 0 Å². The summed E-state index contributed by atoms with van der Waals surface area (Å²) in [6.07, 6.45) is 12.4. The van der Waals surface area contributed by atoms with Crippen molar-refractivity contribution < 1.29 is 0 Å². The molecule has 2 rings (SSSR count). The number of hydrogen-bond acceptors (Lipinski definition) is 3. The van der Waals surface area contributed by atoms with E-state index in [1.165, 1.54) is 56.1 Å². The van der Waals surface area contributed by atoms with Crippen molar-refractivity contribution in [1.82, 2.24) is 5.32 Å². The molecule has 1 aliphatic heterocycles. The molecule has 144 valence electrons. The molecule has 0 fully saturated rings. The molecule has 0 bridgehead atoms. The Balaban J connectivity index is 1.76. The van der Waals surface area contributed by atoms with E-state index in [4.69, 9.17) is 9.98 Å². The first-order valence-corrected chi connectivity index (χ1v) is 10.5. The summed E-state index contributed by atoms with van der Waals surface area (Å²) < 4.78 is 0. The largest absolute Gasteiger partial charge is 0.332 e. The Morgan fingerprint density at radius 1 is 0.769 bits per heavy atom. The number of amidine groups is 2. The van der Waals surface area contributed by atoms with E-state index in [2.05, 4.69) is 57.3 Å². The first-order chi connectivity index (χ1) is 12.5. The van der Waals surface area contributed by atoms with Crippen molar-refractivity contribution in [3.63, 3.8) is 0 Å². The van der Waals surface area contributed by atoms with Crippen LogP contribution >= 0.6 is 0 Å². The van der Waals surface area contributed by atoms with Gasteiger partial charge >= 0.3 is 0 Å². The molecule has 0 aromatic heterocycles. The fourth-order valence-corrected chi connectivity index (χ4v) is 3.41. The van der Waals surface area contributed by atoms with E-state index >= 15 is 0 Å². The van der Waals surface area contributed by atoms with Gasteiger partial charge in [-0.1, -0.05) is 75.3 Å². The van der Waals surface area contributed by atoms with E-state index in [0.29, 0.717) is 0 Å². The van der Waals surface area contributed by atoms with Crippen LogP contribution in [-0.2, 0) is 6.42 Å². The summed E-state index contributed by atoms with van der Waals surface area (Å²) in [5.74, 6) is 2.21. The summed E-state index contributed by atoms with van der Waals surface area (Å²) in [5, 5.41) is 3.50. The van der Waals surface area contributed by atoms with Gasteiger partial charge in [0.2, 0.25) is 0 Å². The fourth-order valence-electron chi connectivity index (χ4n) is 3.41. The summed E-state index contributed by atoms with van der Waals surface area (Å²) in [4.78, 5) is 9.59. The lowest BCUT2D eigenvalue weighted by atomic mass is 10.1. The second kappa shape index (κ2) is 10.5. The number of benzene rings is 1. The van der Waals surface area contributed by atoms with Crippen LogP contribution in [0, 0.1) is 6.92 Å². The van der Waals surface area contributed by atoms with E-state index in [9.17, 15) is 0 Å². The van der Waals surface area contributed by atoms with Crippen molar-refractivity contribution >= 4 is 11.7 Å². The zero-order valence-electron chi connectivity index (χ0n) is 17.3. The summed E-state index contributed by atoms with van der Waals surface area (Å²) in [6, 6.07) is 8.81. The van der Waals surface area contributed by atoms with Crippen LogP contribution in [0.5, 0.6) is 0 Å². The van der Waals surface area contributed by atoms with E-state index in [-0.39, 0.29) is 5.66 Å². The van der Waals surface area contributed by atoms with Crippen LogP contribution in [0.4, 0.5) is 0 Å². The third-order valence-electron chi connectivity index (χ3n) is 4.89. The third-order valence-corrected chi connectivity index (χ3v) is 4.89. The van der Waals surface area contributed by atoms with Crippen LogP contribution in [-0.4, -0.2) is 17.3 Å². The van der Waals surface area contributed by atoms with Gasteiger partial charge in [-0.05, 0) is 39.2 Å².